The van der Waals surface area contributed by atoms with Crippen LogP contribution in [-0.4, -0.2) is 59.9 Å². The molecule has 6 nitrogen and oxygen atoms in total. The minimum absolute atomic E-state index is 0. The summed E-state index contributed by atoms with van der Waals surface area (Å²) in [4.78, 5) is 26.7. The van der Waals surface area contributed by atoms with E-state index >= 15 is 0 Å². The number of hydrogen-bond acceptors (Lipinski definition) is 4. The molecule has 0 aliphatic carbocycles. The van der Waals surface area contributed by atoms with Gasteiger partial charge in [0.1, 0.15) is 5.01 Å². The minimum Gasteiger partial charge on any atom is -0.357 e. The van der Waals surface area contributed by atoms with Crippen molar-refractivity contribution in [1.82, 2.24) is 20.1 Å². The van der Waals surface area contributed by atoms with Gasteiger partial charge in [-0.15, -0.1) is 35.3 Å². The highest BCUT2D eigenvalue weighted by Gasteiger charge is 2.15. The van der Waals surface area contributed by atoms with Gasteiger partial charge in [-0.3, -0.25) is 4.79 Å². The van der Waals surface area contributed by atoms with Crippen LogP contribution in [0.25, 0.3) is 10.6 Å². The first-order chi connectivity index (χ1) is 13.5. The number of nitrogens with one attached hydrogen (secondary N) is 1. The smallest absolute Gasteiger partial charge is 0.242 e. The summed E-state index contributed by atoms with van der Waals surface area (Å²) in [5.41, 5.74) is 2.13. The lowest BCUT2D eigenvalue weighted by Crippen LogP contribution is -2.45. The summed E-state index contributed by atoms with van der Waals surface area (Å²) < 4.78 is 0. The normalized spacial score (nSPS) is 11.0. The fourth-order valence-corrected chi connectivity index (χ4v) is 3.84. The van der Waals surface area contributed by atoms with Crippen LogP contribution in [0.1, 0.15) is 31.3 Å². The van der Waals surface area contributed by atoms with Gasteiger partial charge in [0.25, 0.3) is 0 Å². The zero-order valence-corrected chi connectivity index (χ0v) is 21.1. The molecule has 1 N–H and O–H groups in total. The van der Waals surface area contributed by atoms with Gasteiger partial charge in [-0.05, 0) is 27.7 Å². The molecule has 0 spiro atoms. The highest BCUT2D eigenvalue weighted by molar-refractivity contribution is 14.0. The van der Waals surface area contributed by atoms with Gasteiger partial charge in [0, 0.05) is 37.1 Å². The Morgan fingerprint density at radius 2 is 1.83 bits per heavy atom. The molecule has 160 valence electrons. The molecule has 1 aromatic heterocycles. The highest BCUT2D eigenvalue weighted by atomic mass is 127. The van der Waals surface area contributed by atoms with Gasteiger partial charge >= 0.3 is 0 Å². The van der Waals surface area contributed by atoms with E-state index in [0.29, 0.717) is 13.1 Å². The zero-order chi connectivity index (χ0) is 20.5. The van der Waals surface area contributed by atoms with Gasteiger partial charge in [0.05, 0.1) is 18.8 Å². The lowest BCUT2D eigenvalue weighted by atomic mass is 10.2. The first-order valence-corrected chi connectivity index (χ1v) is 10.6. The summed E-state index contributed by atoms with van der Waals surface area (Å²) in [6.07, 6.45) is 0. The molecule has 0 radical (unpaired) electrons. The molecular formula is C21H32IN5OS. The fraction of sp³-hybridized carbons (Fsp3) is 0.476. The van der Waals surface area contributed by atoms with Crippen molar-refractivity contribution in [3.8, 4) is 10.6 Å². The monoisotopic (exact) mass is 529 g/mol. The van der Waals surface area contributed by atoms with Crippen molar-refractivity contribution < 1.29 is 4.79 Å². The van der Waals surface area contributed by atoms with Crippen molar-refractivity contribution in [1.29, 1.82) is 0 Å². The van der Waals surface area contributed by atoms with Crippen LogP contribution < -0.4 is 5.32 Å². The SMILES string of the molecule is CCNC(=NCc1sc(-c2ccccc2)nc1C)N(C)CC(=O)N(CC)CC.I. The summed E-state index contributed by atoms with van der Waals surface area (Å²) in [6, 6.07) is 10.2. The number of aromatic nitrogens is 1. The number of nitrogens with zero attached hydrogens (tertiary/aromatic N) is 4. The zero-order valence-electron chi connectivity index (χ0n) is 17.9. The molecule has 0 aliphatic rings. The van der Waals surface area contributed by atoms with Gasteiger partial charge in [0.15, 0.2) is 5.96 Å². The number of likely N-dealkylation sites (N-methyl/N-ethyl adjacent to an activating group) is 2. The van der Waals surface area contributed by atoms with Crippen LogP contribution in [0.2, 0.25) is 0 Å². The van der Waals surface area contributed by atoms with Crippen molar-refractivity contribution in [2.75, 3.05) is 33.2 Å². The van der Waals surface area contributed by atoms with Crippen LogP contribution in [0.3, 0.4) is 0 Å². The number of thiazole rings is 1. The number of halogens is 1. The van der Waals surface area contributed by atoms with Crippen LogP contribution in [0.15, 0.2) is 35.3 Å². The van der Waals surface area contributed by atoms with E-state index in [2.05, 4.69) is 17.4 Å². The predicted molar refractivity (Wildman–Crippen MR) is 133 cm³/mol. The van der Waals surface area contributed by atoms with Crippen LogP contribution in [0, 0.1) is 6.92 Å². The van der Waals surface area contributed by atoms with Crippen molar-refractivity contribution >= 4 is 47.2 Å². The average molecular weight is 529 g/mol. The molecule has 2 aromatic rings. The number of benzene rings is 1. The Morgan fingerprint density at radius 3 is 2.41 bits per heavy atom. The van der Waals surface area contributed by atoms with Gasteiger partial charge in [-0.2, -0.15) is 0 Å². The Kier molecular flexibility index (Phi) is 11.2. The Balaban J connectivity index is 0.00000420. The number of carbonyl (C=O) groups is 1. The summed E-state index contributed by atoms with van der Waals surface area (Å²) in [6.45, 7) is 11.1. The number of rotatable bonds is 8. The molecule has 2 rings (SSSR count). The summed E-state index contributed by atoms with van der Waals surface area (Å²) in [5, 5.41) is 4.29. The van der Waals surface area contributed by atoms with E-state index in [1.165, 1.54) is 0 Å². The lowest BCUT2D eigenvalue weighted by molar-refractivity contribution is -0.131. The first kappa shape index (κ1) is 25.4. The number of guanidine groups is 1. The molecule has 0 saturated carbocycles. The van der Waals surface area contributed by atoms with Crippen LogP contribution in [0.4, 0.5) is 0 Å². The van der Waals surface area contributed by atoms with Crippen molar-refractivity contribution in [3.63, 3.8) is 0 Å². The van der Waals surface area contributed by atoms with Crippen molar-refractivity contribution in [2.45, 2.75) is 34.2 Å². The second-order valence-corrected chi connectivity index (χ2v) is 7.57. The van der Waals surface area contributed by atoms with Gasteiger partial charge in [-0.1, -0.05) is 30.3 Å². The summed E-state index contributed by atoms with van der Waals surface area (Å²) >= 11 is 1.67. The van der Waals surface area contributed by atoms with Gasteiger partial charge < -0.3 is 15.1 Å². The second kappa shape index (κ2) is 12.8. The van der Waals surface area contributed by atoms with Crippen molar-refractivity contribution in [2.24, 2.45) is 4.99 Å². The number of aryl methyl sites for hydroxylation is 1. The minimum atomic E-state index is 0. The third-order valence-electron chi connectivity index (χ3n) is 4.47. The Hall–Kier alpha value is -1.68. The van der Waals surface area contributed by atoms with E-state index in [0.717, 1.165) is 46.7 Å². The fourth-order valence-electron chi connectivity index (χ4n) is 2.85. The van der Waals surface area contributed by atoms with E-state index in [4.69, 9.17) is 9.98 Å². The third kappa shape index (κ3) is 7.26. The highest BCUT2D eigenvalue weighted by Crippen LogP contribution is 2.28. The first-order valence-electron chi connectivity index (χ1n) is 9.79. The molecular weight excluding hydrogens is 497 g/mol. The molecule has 1 aromatic carbocycles. The van der Waals surface area contributed by atoms with E-state index in [-0.39, 0.29) is 29.9 Å². The summed E-state index contributed by atoms with van der Waals surface area (Å²) in [5.74, 6) is 0.843. The lowest BCUT2D eigenvalue weighted by Gasteiger charge is -2.25. The third-order valence-corrected chi connectivity index (χ3v) is 5.66. The predicted octanol–water partition coefficient (Wildman–Crippen LogP) is 4.00. The van der Waals surface area contributed by atoms with Crippen LogP contribution in [0.5, 0.6) is 0 Å². The largest absolute Gasteiger partial charge is 0.357 e. The maximum absolute atomic E-state index is 12.4. The molecule has 29 heavy (non-hydrogen) atoms. The number of amides is 1. The molecule has 0 unspecified atom stereocenters. The van der Waals surface area contributed by atoms with E-state index in [1.807, 2.05) is 62.7 Å². The Bertz CT molecular complexity index is 790. The molecule has 0 saturated heterocycles. The Morgan fingerprint density at radius 1 is 1.17 bits per heavy atom. The van der Waals surface area contributed by atoms with E-state index in [9.17, 15) is 4.79 Å². The van der Waals surface area contributed by atoms with Crippen LogP contribution >= 0.6 is 35.3 Å². The molecule has 1 heterocycles. The van der Waals surface area contributed by atoms with Crippen molar-refractivity contribution in [3.05, 3.63) is 40.9 Å². The maximum Gasteiger partial charge on any atom is 0.242 e. The standard InChI is InChI=1S/C21H31N5OS.HI/c1-6-22-21(25(5)15-19(27)26(7-2)8-3)23-14-18-16(4)24-20(28-18)17-12-10-9-11-13-17;/h9-13H,6-8,14-15H2,1-5H3,(H,22,23);1H. The number of hydrogen-bond donors (Lipinski definition) is 1. The summed E-state index contributed by atoms with van der Waals surface area (Å²) in [7, 11) is 1.90. The van der Waals surface area contributed by atoms with E-state index < -0.39 is 0 Å². The molecule has 0 atom stereocenters. The molecule has 0 fully saturated rings. The number of aliphatic imine (C=N–C) groups is 1. The second-order valence-electron chi connectivity index (χ2n) is 6.49. The topological polar surface area (TPSA) is 60.8 Å². The molecule has 0 bridgehead atoms. The van der Waals surface area contributed by atoms with Gasteiger partial charge in [-0.25, -0.2) is 9.98 Å². The molecule has 1 amide bonds. The number of carbonyl (C=O) groups excluding carboxylic acids is 1. The van der Waals surface area contributed by atoms with Crippen LogP contribution in [-0.2, 0) is 11.3 Å². The Labute approximate surface area is 195 Å². The average Bonchev–Trinajstić information content (AvgIpc) is 3.07. The molecule has 0 aliphatic heterocycles. The van der Waals surface area contributed by atoms with E-state index in [1.54, 1.807) is 11.3 Å². The van der Waals surface area contributed by atoms with Gasteiger partial charge in [0.2, 0.25) is 5.91 Å². The maximum atomic E-state index is 12.4. The quantitative estimate of drug-likeness (QED) is 0.319. The molecule has 8 heteroatoms.